The van der Waals surface area contributed by atoms with Crippen molar-refractivity contribution in [2.45, 2.75) is 18.0 Å². The van der Waals surface area contributed by atoms with Crippen LogP contribution >= 0.6 is 15.9 Å². The molecule has 2 N–H and O–H groups in total. The molecule has 8 heteroatoms. The van der Waals surface area contributed by atoms with E-state index < -0.39 is 27.3 Å². The number of hydrogen-bond donors (Lipinski definition) is 2. The highest BCUT2D eigenvalue weighted by molar-refractivity contribution is 9.10. The van der Waals surface area contributed by atoms with Crippen LogP contribution in [0.2, 0.25) is 0 Å². The van der Waals surface area contributed by atoms with Gasteiger partial charge in [-0.2, -0.15) is 0 Å². The number of nitrogens with one attached hydrogen (secondary N) is 1. The Hall–Kier alpha value is -1.35. The SMILES string of the molecule is O=S(=O)(NCc1ccncc1)c1cc(Br)cc(CO)c1F. The Morgan fingerprint density at radius 3 is 2.57 bits per heavy atom. The summed E-state index contributed by atoms with van der Waals surface area (Å²) in [6.07, 6.45) is 3.07. The third-order valence-electron chi connectivity index (χ3n) is 2.75. The zero-order valence-electron chi connectivity index (χ0n) is 10.8. The van der Waals surface area contributed by atoms with Crippen LogP contribution in [0.5, 0.6) is 0 Å². The first kappa shape index (κ1) is 16.0. The van der Waals surface area contributed by atoms with Crippen molar-refractivity contribution in [3.8, 4) is 0 Å². The molecule has 2 aromatic rings. The molecule has 112 valence electrons. The van der Waals surface area contributed by atoms with Gasteiger partial charge >= 0.3 is 0 Å². The van der Waals surface area contributed by atoms with E-state index in [1.165, 1.54) is 18.5 Å². The molecular formula is C13H12BrFN2O3S. The van der Waals surface area contributed by atoms with Gasteiger partial charge in [0.25, 0.3) is 0 Å². The molecular weight excluding hydrogens is 363 g/mol. The van der Waals surface area contributed by atoms with Gasteiger partial charge in [-0.25, -0.2) is 17.5 Å². The van der Waals surface area contributed by atoms with Crippen molar-refractivity contribution in [2.24, 2.45) is 0 Å². The standard InChI is InChI=1S/C13H12BrFN2O3S/c14-11-5-10(8-18)13(15)12(6-11)21(19,20)17-7-9-1-3-16-4-2-9/h1-6,17-18H,7-8H2. The highest BCUT2D eigenvalue weighted by Gasteiger charge is 2.22. The van der Waals surface area contributed by atoms with Crippen molar-refractivity contribution in [3.05, 3.63) is 58.1 Å². The van der Waals surface area contributed by atoms with Crippen LogP contribution < -0.4 is 4.72 Å². The molecule has 0 aliphatic carbocycles. The number of halogens is 2. The van der Waals surface area contributed by atoms with Crippen LogP contribution in [0.25, 0.3) is 0 Å². The lowest BCUT2D eigenvalue weighted by molar-refractivity contribution is 0.274. The minimum Gasteiger partial charge on any atom is -0.392 e. The highest BCUT2D eigenvalue weighted by atomic mass is 79.9. The summed E-state index contributed by atoms with van der Waals surface area (Å²) >= 11 is 3.10. The van der Waals surface area contributed by atoms with E-state index in [1.54, 1.807) is 12.1 Å². The van der Waals surface area contributed by atoms with Gasteiger partial charge in [-0.05, 0) is 29.8 Å². The van der Waals surface area contributed by atoms with Crippen LogP contribution in [0.1, 0.15) is 11.1 Å². The molecule has 5 nitrogen and oxygen atoms in total. The quantitative estimate of drug-likeness (QED) is 0.838. The Labute approximate surface area is 130 Å². The number of aromatic nitrogens is 1. The lowest BCUT2D eigenvalue weighted by Crippen LogP contribution is -2.24. The molecule has 0 saturated heterocycles. The maximum absolute atomic E-state index is 14.1. The van der Waals surface area contributed by atoms with Gasteiger partial charge < -0.3 is 5.11 Å². The number of rotatable bonds is 5. The molecule has 21 heavy (non-hydrogen) atoms. The second-order valence-electron chi connectivity index (χ2n) is 4.22. The summed E-state index contributed by atoms with van der Waals surface area (Å²) in [5.74, 6) is -0.956. The minimum absolute atomic E-state index is 0.0191. The van der Waals surface area contributed by atoms with E-state index in [4.69, 9.17) is 5.11 Å². The fourth-order valence-corrected chi connectivity index (χ4v) is 3.50. The van der Waals surface area contributed by atoms with Gasteiger partial charge in [0, 0.05) is 29.0 Å². The summed E-state index contributed by atoms with van der Waals surface area (Å²) in [5, 5.41) is 9.06. The van der Waals surface area contributed by atoms with Gasteiger partial charge in [0.1, 0.15) is 10.7 Å². The number of hydrogen-bond acceptors (Lipinski definition) is 4. The van der Waals surface area contributed by atoms with E-state index in [0.717, 1.165) is 6.07 Å². The van der Waals surface area contributed by atoms with Crippen molar-refractivity contribution in [1.29, 1.82) is 0 Å². The van der Waals surface area contributed by atoms with Crippen LogP contribution in [0.3, 0.4) is 0 Å². The summed E-state index contributed by atoms with van der Waals surface area (Å²) in [4.78, 5) is 3.32. The second-order valence-corrected chi connectivity index (χ2v) is 6.87. The van der Waals surface area contributed by atoms with Gasteiger partial charge in [-0.15, -0.1) is 0 Å². The fraction of sp³-hybridized carbons (Fsp3) is 0.154. The number of aliphatic hydroxyl groups is 1. The number of pyridine rings is 1. The van der Waals surface area contributed by atoms with E-state index >= 15 is 0 Å². The molecule has 0 saturated carbocycles. The van der Waals surface area contributed by atoms with E-state index in [2.05, 4.69) is 25.6 Å². The molecule has 1 heterocycles. The fourth-order valence-electron chi connectivity index (χ4n) is 1.69. The Bertz CT molecular complexity index is 739. The van der Waals surface area contributed by atoms with E-state index in [-0.39, 0.29) is 12.1 Å². The number of aliphatic hydroxyl groups excluding tert-OH is 1. The summed E-state index contributed by atoms with van der Waals surface area (Å²) in [6.45, 7) is -0.566. The molecule has 1 aromatic carbocycles. The smallest absolute Gasteiger partial charge is 0.243 e. The van der Waals surface area contributed by atoms with Crippen LogP contribution in [0.4, 0.5) is 4.39 Å². The predicted molar refractivity (Wildman–Crippen MR) is 78.3 cm³/mol. The van der Waals surface area contributed by atoms with Crippen molar-refractivity contribution < 1.29 is 17.9 Å². The van der Waals surface area contributed by atoms with Gasteiger partial charge in [0.2, 0.25) is 10.0 Å². The lowest BCUT2D eigenvalue weighted by Gasteiger charge is -2.10. The minimum atomic E-state index is -4.03. The molecule has 1 aromatic heterocycles. The van der Waals surface area contributed by atoms with Crippen molar-refractivity contribution in [1.82, 2.24) is 9.71 Å². The molecule has 0 aliphatic rings. The van der Waals surface area contributed by atoms with E-state index in [0.29, 0.717) is 10.0 Å². The average molecular weight is 375 g/mol. The molecule has 0 bridgehead atoms. The third-order valence-corrected chi connectivity index (χ3v) is 4.61. The molecule has 2 rings (SSSR count). The van der Waals surface area contributed by atoms with Crippen LogP contribution in [0, 0.1) is 5.82 Å². The summed E-state index contributed by atoms with van der Waals surface area (Å²) < 4.78 is 41.1. The van der Waals surface area contributed by atoms with Crippen LogP contribution in [-0.2, 0) is 23.2 Å². The number of benzene rings is 1. The normalized spacial score (nSPS) is 11.6. The summed E-state index contributed by atoms with van der Waals surface area (Å²) in [7, 11) is -4.03. The zero-order valence-corrected chi connectivity index (χ0v) is 13.2. The molecule has 0 atom stereocenters. The van der Waals surface area contributed by atoms with Gasteiger partial charge in [-0.3, -0.25) is 4.98 Å². The second kappa shape index (κ2) is 6.61. The Balaban J connectivity index is 2.30. The molecule has 0 radical (unpaired) electrons. The van der Waals surface area contributed by atoms with E-state index in [1.807, 2.05) is 0 Å². The average Bonchev–Trinajstić information content (AvgIpc) is 2.48. The monoisotopic (exact) mass is 374 g/mol. The first-order valence-corrected chi connectivity index (χ1v) is 8.19. The Kier molecular flexibility index (Phi) is 5.04. The van der Waals surface area contributed by atoms with Crippen LogP contribution in [-0.4, -0.2) is 18.5 Å². The molecule has 0 fully saturated rings. The maximum atomic E-state index is 14.1. The number of sulfonamides is 1. The Morgan fingerprint density at radius 1 is 1.29 bits per heavy atom. The van der Waals surface area contributed by atoms with Gasteiger partial charge in [-0.1, -0.05) is 15.9 Å². The largest absolute Gasteiger partial charge is 0.392 e. The highest BCUT2D eigenvalue weighted by Crippen LogP contribution is 2.24. The molecule has 0 aliphatic heterocycles. The summed E-state index contributed by atoms with van der Waals surface area (Å²) in [6, 6.07) is 5.79. The van der Waals surface area contributed by atoms with Crippen molar-refractivity contribution in [2.75, 3.05) is 0 Å². The molecule has 0 amide bonds. The summed E-state index contributed by atoms with van der Waals surface area (Å²) in [5.41, 5.74) is 0.611. The van der Waals surface area contributed by atoms with Gasteiger partial charge in [0.05, 0.1) is 6.61 Å². The van der Waals surface area contributed by atoms with Crippen LogP contribution in [0.15, 0.2) is 46.0 Å². The molecule has 0 unspecified atom stereocenters. The van der Waals surface area contributed by atoms with Crippen molar-refractivity contribution in [3.63, 3.8) is 0 Å². The Morgan fingerprint density at radius 2 is 1.95 bits per heavy atom. The first-order valence-electron chi connectivity index (χ1n) is 5.91. The first-order chi connectivity index (χ1) is 9.94. The maximum Gasteiger partial charge on any atom is 0.243 e. The third kappa shape index (κ3) is 3.85. The van der Waals surface area contributed by atoms with Gasteiger partial charge in [0.15, 0.2) is 0 Å². The predicted octanol–water partition coefficient (Wildman–Crippen LogP) is 1.95. The van der Waals surface area contributed by atoms with E-state index in [9.17, 15) is 12.8 Å². The lowest BCUT2D eigenvalue weighted by atomic mass is 10.2. The topological polar surface area (TPSA) is 79.3 Å². The zero-order chi connectivity index (χ0) is 15.5. The van der Waals surface area contributed by atoms with Crippen molar-refractivity contribution >= 4 is 26.0 Å². The number of nitrogens with zero attached hydrogens (tertiary/aromatic N) is 1. The molecule has 0 spiro atoms.